The van der Waals surface area contributed by atoms with E-state index in [4.69, 9.17) is 0 Å². The first kappa shape index (κ1) is 38.1. The Bertz CT molecular complexity index is 3970. The van der Waals surface area contributed by atoms with Gasteiger partial charge in [0.2, 0.25) is 0 Å². The maximum absolute atomic E-state index is 15.6. The molecule has 318 valence electrons. The van der Waals surface area contributed by atoms with Gasteiger partial charge in [0.15, 0.2) is 0 Å². The fourth-order valence-corrected chi connectivity index (χ4v) is 11.0. The highest BCUT2D eigenvalue weighted by Crippen LogP contribution is 2.44. The number of carbonyl (C=O) groups is 2. The smallest absolute Gasteiger partial charge is 0.268 e. The van der Waals surface area contributed by atoms with E-state index < -0.39 is 0 Å². The van der Waals surface area contributed by atoms with Crippen LogP contribution in [0, 0.1) is 0 Å². The van der Waals surface area contributed by atoms with Gasteiger partial charge in [-0.15, -0.1) is 0 Å². The van der Waals surface area contributed by atoms with E-state index in [1.165, 1.54) is 26.4 Å². The Morgan fingerprint density at radius 2 is 0.721 bits per heavy atom. The lowest BCUT2D eigenvalue weighted by Crippen LogP contribution is -2.30. The number of aromatic nitrogens is 3. The maximum Gasteiger partial charge on any atom is 0.268 e. The first-order chi connectivity index (χ1) is 33.6. The number of hydrogen-bond acceptors (Lipinski definition) is 2. The highest BCUT2D eigenvalue weighted by molar-refractivity contribution is 6.36. The minimum atomic E-state index is -0.366. The van der Waals surface area contributed by atoms with E-state index in [2.05, 4.69) is 153 Å². The van der Waals surface area contributed by atoms with Crippen LogP contribution in [0.25, 0.3) is 105 Å². The van der Waals surface area contributed by atoms with Crippen LogP contribution in [0.5, 0.6) is 0 Å². The lowest BCUT2D eigenvalue weighted by atomic mass is 9.97. The van der Waals surface area contributed by atoms with Gasteiger partial charge in [0, 0.05) is 49.3 Å². The fraction of sp³-hybridized carbons (Fsp3) is 0. The number of anilines is 1. The molecule has 0 saturated carbocycles. The van der Waals surface area contributed by atoms with Crippen LogP contribution in [0.15, 0.2) is 231 Å². The zero-order valence-electron chi connectivity index (χ0n) is 36.5. The predicted molar refractivity (Wildman–Crippen MR) is 278 cm³/mol. The van der Waals surface area contributed by atoms with E-state index in [9.17, 15) is 0 Å². The van der Waals surface area contributed by atoms with Crippen molar-refractivity contribution in [2.45, 2.75) is 0 Å². The van der Waals surface area contributed by atoms with Crippen LogP contribution in [0.2, 0.25) is 0 Å². The molecule has 2 amide bonds. The molecule has 1 aliphatic rings. The third-order valence-corrected chi connectivity index (χ3v) is 14.0. The van der Waals surface area contributed by atoms with Crippen LogP contribution in [0.4, 0.5) is 5.69 Å². The molecular weight excluding hydrogens is 833 g/mol. The molecule has 6 heteroatoms. The first-order valence-corrected chi connectivity index (χ1v) is 22.9. The number of nitrogens with zero attached hydrogens (tertiary/aromatic N) is 4. The Balaban J connectivity index is 1.04. The van der Waals surface area contributed by atoms with Gasteiger partial charge < -0.3 is 13.7 Å². The van der Waals surface area contributed by atoms with E-state index in [0.29, 0.717) is 22.5 Å². The van der Waals surface area contributed by atoms with E-state index in [0.717, 1.165) is 77.5 Å². The van der Waals surface area contributed by atoms with Gasteiger partial charge in [-0.3, -0.25) is 9.59 Å². The normalized spacial score (nSPS) is 12.7. The molecule has 0 atom stereocenters. The summed E-state index contributed by atoms with van der Waals surface area (Å²) in [5, 5.41) is 6.77. The molecule has 0 N–H and O–H groups in total. The van der Waals surface area contributed by atoms with Crippen LogP contribution in [-0.2, 0) is 0 Å². The number of fused-ring (bicyclic) bond motifs is 10. The molecule has 0 fully saturated rings. The van der Waals surface area contributed by atoms with E-state index in [1.807, 2.05) is 84.9 Å². The third-order valence-electron chi connectivity index (χ3n) is 14.0. The van der Waals surface area contributed by atoms with E-state index in [-0.39, 0.29) is 11.8 Å². The van der Waals surface area contributed by atoms with Gasteiger partial charge in [-0.1, -0.05) is 164 Å². The second kappa shape index (κ2) is 14.6. The van der Waals surface area contributed by atoms with Crippen molar-refractivity contribution in [2.24, 2.45) is 0 Å². The molecule has 10 aromatic carbocycles. The number of imide groups is 1. The summed E-state index contributed by atoms with van der Waals surface area (Å²) >= 11 is 0. The van der Waals surface area contributed by atoms with Gasteiger partial charge in [-0.2, -0.15) is 0 Å². The van der Waals surface area contributed by atoms with Crippen LogP contribution in [-0.4, -0.2) is 25.5 Å². The van der Waals surface area contributed by atoms with Crippen LogP contribution >= 0.6 is 0 Å². The average Bonchev–Trinajstić information content (AvgIpc) is 4.10. The zero-order chi connectivity index (χ0) is 45.0. The van der Waals surface area contributed by atoms with Gasteiger partial charge >= 0.3 is 0 Å². The van der Waals surface area contributed by atoms with Crippen molar-refractivity contribution < 1.29 is 9.59 Å². The highest BCUT2D eigenvalue weighted by Gasteiger charge is 2.40. The lowest BCUT2D eigenvalue weighted by molar-refractivity contribution is 0.0926. The number of carbonyl (C=O) groups excluding carboxylic acids is 2. The van der Waals surface area contributed by atoms with E-state index in [1.54, 1.807) is 6.07 Å². The van der Waals surface area contributed by atoms with Crippen LogP contribution in [0.3, 0.4) is 0 Å². The summed E-state index contributed by atoms with van der Waals surface area (Å²) in [4.78, 5) is 32.1. The molecule has 0 spiro atoms. The Hall–Kier alpha value is -9.26. The lowest BCUT2D eigenvalue weighted by Gasteiger charge is -2.20. The molecule has 0 saturated heterocycles. The number of rotatable bonds is 6. The van der Waals surface area contributed by atoms with Crippen molar-refractivity contribution in [3.05, 3.63) is 242 Å². The first-order valence-electron chi connectivity index (χ1n) is 22.9. The van der Waals surface area contributed by atoms with Crippen molar-refractivity contribution in [1.82, 2.24) is 13.7 Å². The number of benzene rings is 10. The zero-order valence-corrected chi connectivity index (χ0v) is 36.5. The van der Waals surface area contributed by atoms with Crippen molar-refractivity contribution in [3.8, 4) is 39.3 Å². The molecule has 4 heterocycles. The number of amides is 2. The summed E-state index contributed by atoms with van der Waals surface area (Å²) in [5.74, 6) is -0.720. The van der Waals surface area contributed by atoms with Gasteiger partial charge in [0.05, 0.1) is 55.6 Å². The van der Waals surface area contributed by atoms with Crippen molar-refractivity contribution in [3.63, 3.8) is 0 Å². The van der Waals surface area contributed by atoms with Gasteiger partial charge in [0.1, 0.15) is 0 Å². The Kier molecular flexibility index (Phi) is 8.18. The van der Waals surface area contributed by atoms with Gasteiger partial charge in [0.25, 0.3) is 11.8 Å². The molecular formula is C62H38N4O2. The third kappa shape index (κ3) is 5.46. The summed E-state index contributed by atoms with van der Waals surface area (Å²) in [6, 6.07) is 79.2. The minimum absolute atomic E-state index is 0.355. The Morgan fingerprint density at radius 3 is 1.24 bits per heavy atom. The Morgan fingerprint density at radius 1 is 0.265 bits per heavy atom. The monoisotopic (exact) mass is 870 g/mol. The molecule has 0 aliphatic carbocycles. The van der Waals surface area contributed by atoms with Crippen LogP contribution < -0.4 is 4.90 Å². The molecule has 68 heavy (non-hydrogen) atoms. The predicted octanol–water partition coefficient (Wildman–Crippen LogP) is 15.1. The molecule has 1 aliphatic heterocycles. The Labute approximate surface area is 390 Å². The second-order valence-electron chi connectivity index (χ2n) is 17.6. The molecule has 0 bridgehead atoms. The summed E-state index contributed by atoms with van der Waals surface area (Å²) in [6.45, 7) is 0. The molecule has 13 aromatic rings. The molecule has 0 radical (unpaired) electrons. The van der Waals surface area contributed by atoms with Crippen molar-refractivity contribution in [2.75, 3.05) is 4.90 Å². The summed E-state index contributed by atoms with van der Waals surface area (Å²) < 4.78 is 6.87. The fourth-order valence-electron chi connectivity index (χ4n) is 11.0. The van der Waals surface area contributed by atoms with Crippen LogP contribution in [0.1, 0.15) is 20.7 Å². The number of hydrogen-bond donors (Lipinski definition) is 0. The standard InChI is InChI=1S/C62H38N4O2/c67-61-51-24-15-29-56(60(51)62(68)66(61)57-36-41(39-16-3-1-4-17-39)30-33-44(57)40-18-5-2-6-19-40)65-58-37-42(63-52-25-11-7-20-45(52)46-21-8-12-26-53(46)63)31-34-49(58)50-35-32-43(38-59(50)65)64-54-27-13-9-22-47(54)48-23-10-14-28-55(48)64/h1-38H. The van der Waals surface area contributed by atoms with Crippen molar-refractivity contribution >= 4 is 82.9 Å². The quantitative estimate of drug-likeness (QED) is 0.156. The minimum Gasteiger partial charge on any atom is -0.309 e. The summed E-state index contributed by atoms with van der Waals surface area (Å²) in [7, 11) is 0. The van der Waals surface area contributed by atoms with Gasteiger partial charge in [-0.25, -0.2) is 4.90 Å². The molecule has 0 unspecified atom stereocenters. The second-order valence-corrected chi connectivity index (χ2v) is 17.6. The van der Waals surface area contributed by atoms with Crippen molar-refractivity contribution in [1.29, 1.82) is 0 Å². The molecule has 3 aromatic heterocycles. The maximum atomic E-state index is 15.6. The molecule has 14 rings (SSSR count). The molecule has 6 nitrogen and oxygen atoms in total. The highest BCUT2D eigenvalue weighted by atomic mass is 16.2. The topological polar surface area (TPSA) is 52.2 Å². The largest absolute Gasteiger partial charge is 0.309 e. The number of para-hydroxylation sites is 4. The summed E-state index contributed by atoms with van der Waals surface area (Å²) in [5.41, 5.74) is 13.8. The summed E-state index contributed by atoms with van der Waals surface area (Å²) in [6.07, 6.45) is 0. The van der Waals surface area contributed by atoms with Gasteiger partial charge in [-0.05, 0) is 83.4 Å². The average molecular weight is 871 g/mol. The SMILES string of the molecule is O=C1c2cccc(-n3c4cc(-n5c6ccccc6c6ccccc65)ccc4c4ccc(-n5c6ccccc6c6ccccc65)cc43)c2C(=O)N1c1cc(-c2ccccc2)ccc1-c1ccccc1. The van der Waals surface area contributed by atoms with E-state index >= 15 is 9.59 Å².